The van der Waals surface area contributed by atoms with Crippen LogP contribution in [0.3, 0.4) is 0 Å². The van der Waals surface area contributed by atoms with Crippen LogP contribution in [0.2, 0.25) is 0 Å². The first kappa shape index (κ1) is 12.1. The van der Waals surface area contributed by atoms with Crippen LogP contribution in [0.15, 0.2) is 17.0 Å². The molecular formula is C10H8BrNO2S. The van der Waals surface area contributed by atoms with Gasteiger partial charge in [0, 0.05) is 10.2 Å². The van der Waals surface area contributed by atoms with E-state index in [-0.39, 0.29) is 5.56 Å². The minimum atomic E-state index is -0.517. The lowest BCUT2D eigenvalue weighted by atomic mass is 10.0. The Labute approximate surface area is 102 Å². The number of thiol groups is 1. The highest BCUT2D eigenvalue weighted by atomic mass is 79.9. The standard InChI is InChI=1S/C10H8BrNO2S/c1-14-10(13)9-6(5-12)2-3-8(15)7(9)4-11/h2-3,15H,4H2,1H3. The number of hydrogen-bond acceptors (Lipinski definition) is 4. The quantitative estimate of drug-likeness (QED) is 0.516. The number of ether oxygens (including phenoxy) is 1. The highest BCUT2D eigenvalue weighted by molar-refractivity contribution is 9.08. The average molecular weight is 286 g/mol. The van der Waals surface area contributed by atoms with Crippen LogP contribution in [0.1, 0.15) is 21.5 Å². The van der Waals surface area contributed by atoms with Crippen LogP contribution in [0.25, 0.3) is 0 Å². The lowest BCUT2D eigenvalue weighted by Crippen LogP contribution is -2.08. The van der Waals surface area contributed by atoms with Crippen molar-refractivity contribution in [2.45, 2.75) is 10.2 Å². The van der Waals surface area contributed by atoms with Gasteiger partial charge in [0.15, 0.2) is 0 Å². The van der Waals surface area contributed by atoms with Gasteiger partial charge in [-0.25, -0.2) is 4.79 Å². The van der Waals surface area contributed by atoms with Crippen LogP contribution >= 0.6 is 28.6 Å². The van der Waals surface area contributed by atoms with Gasteiger partial charge in [-0.2, -0.15) is 5.26 Å². The number of nitrogens with zero attached hydrogens (tertiary/aromatic N) is 1. The number of carbonyl (C=O) groups excluding carboxylic acids is 1. The molecule has 0 bridgehead atoms. The molecule has 5 heteroatoms. The minimum absolute atomic E-state index is 0.282. The van der Waals surface area contributed by atoms with Crippen molar-refractivity contribution in [3.63, 3.8) is 0 Å². The van der Waals surface area contributed by atoms with Gasteiger partial charge in [-0.15, -0.1) is 12.6 Å². The number of benzene rings is 1. The molecule has 0 atom stereocenters. The summed E-state index contributed by atoms with van der Waals surface area (Å²) in [6, 6.07) is 5.20. The van der Waals surface area contributed by atoms with Gasteiger partial charge < -0.3 is 4.74 Å². The lowest BCUT2D eigenvalue weighted by molar-refractivity contribution is 0.0599. The van der Waals surface area contributed by atoms with E-state index in [1.807, 2.05) is 6.07 Å². The summed E-state index contributed by atoms with van der Waals surface area (Å²) < 4.78 is 4.63. The molecule has 0 saturated heterocycles. The van der Waals surface area contributed by atoms with E-state index in [1.165, 1.54) is 7.11 Å². The molecule has 15 heavy (non-hydrogen) atoms. The Morgan fingerprint density at radius 3 is 2.80 bits per heavy atom. The molecule has 0 aliphatic heterocycles. The van der Waals surface area contributed by atoms with E-state index in [0.717, 1.165) is 0 Å². The van der Waals surface area contributed by atoms with Crippen molar-refractivity contribution in [3.8, 4) is 6.07 Å². The van der Waals surface area contributed by atoms with Crippen molar-refractivity contribution < 1.29 is 9.53 Å². The first-order valence-electron chi connectivity index (χ1n) is 4.05. The molecule has 0 radical (unpaired) electrons. The van der Waals surface area contributed by atoms with E-state index in [9.17, 15) is 4.79 Å². The molecule has 0 saturated carbocycles. The SMILES string of the molecule is COC(=O)c1c(C#N)ccc(S)c1CBr. The fraction of sp³-hybridized carbons (Fsp3) is 0.200. The molecule has 1 aromatic rings. The zero-order chi connectivity index (χ0) is 11.4. The van der Waals surface area contributed by atoms with Crippen molar-refractivity contribution in [2.75, 3.05) is 7.11 Å². The summed E-state index contributed by atoms with van der Waals surface area (Å²) in [4.78, 5) is 12.2. The maximum Gasteiger partial charge on any atom is 0.339 e. The molecule has 0 heterocycles. The Morgan fingerprint density at radius 1 is 1.67 bits per heavy atom. The first-order valence-corrected chi connectivity index (χ1v) is 5.61. The number of nitriles is 1. The summed E-state index contributed by atoms with van der Waals surface area (Å²) in [5, 5.41) is 9.33. The van der Waals surface area contributed by atoms with Crippen LogP contribution in [0.5, 0.6) is 0 Å². The Bertz CT molecular complexity index is 440. The number of methoxy groups -OCH3 is 1. The number of carbonyl (C=O) groups is 1. The normalized spacial score (nSPS) is 9.47. The predicted octanol–water partition coefficient (Wildman–Crippen LogP) is 2.53. The molecule has 0 spiro atoms. The van der Waals surface area contributed by atoms with Crippen LogP contribution in [0, 0.1) is 11.3 Å². The van der Waals surface area contributed by atoms with Crippen LogP contribution < -0.4 is 0 Å². The second-order valence-corrected chi connectivity index (χ2v) is 3.77. The van der Waals surface area contributed by atoms with Gasteiger partial charge in [0.25, 0.3) is 0 Å². The largest absolute Gasteiger partial charge is 0.465 e. The van der Waals surface area contributed by atoms with Gasteiger partial charge in [-0.05, 0) is 17.7 Å². The van der Waals surface area contributed by atoms with E-state index >= 15 is 0 Å². The van der Waals surface area contributed by atoms with Crippen LogP contribution in [0.4, 0.5) is 0 Å². The van der Waals surface area contributed by atoms with Crippen molar-refractivity contribution in [2.24, 2.45) is 0 Å². The van der Waals surface area contributed by atoms with Crippen molar-refractivity contribution >= 4 is 34.5 Å². The van der Waals surface area contributed by atoms with E-state index in [0.29, 0.717) is 21.4 Å². The molecule has 0 amide bonds. The first-order chi connectivity index (χ1) is 7.15. The van der Waals surface area contributed by atoms with Crippen LogP contribution in [-0.4, -0.2) is 13.1 Å². The van der Waals surface area contributed by atoms with Crippen LogP contribution in [-0.2, 0) is 10.1 Å². The van der Waals surface area contributed by atoms with E-state index in [4.69, 9.17) is 5.26 Å². The van der Waals surface area contributed by atoms with E-state index < -0.39 is 5.97 Å². The second kappa shape index (κ2) is 5.19. The van der Waals surface area contributed by atoms with Crippen molar-refractivity contribution in [3.05, 3.63) is 28.8 Å². The summed E-state index contributed by atoms with van der Waals surface area (Å²) in [6.07, 6.45) is 0. The molecular weight excluding hydrogens is 278 g/mol. The third-order valence-corrected chi connectivity index (χ3v) is 2.91. The summed E-state index contributed by atoms with van der Waals surface area (Å²) in [6.45, 7) is 0. The van der Waals surface area contributed by atoms with Gasteiger partial charge in [0.1, 0.15) is 6.07 Å². The number of esters is 1. The maximum absolute atomic E-state index is 11.5. The van der Waals surface area contributed by atoms with E-state index in [1.54, 1.807) is 12.1 Å². The highest BCUT2D eigenvalue weighted by Gasteiger charge is 2.18. The minimum Gasteiger partial charge on any atom is -0.465 e. The summed E-state index contributed by atoms with van der Waals surface area (Å²) in [5.41, 5.74) is 1.25. The molecule has 0 N–H and O–H groups in total. The maximum atomic E-state index is 11.5. The van der Waals surface area contributed by atoms with Gasteiger partial charge in [0.2, 0.25) is 0 Å². The topological polar surface area (TPSA) is 50.1 Å². The fourth-order valence-electron chi connectivity index (χ4n) is 1.20. The molecule has 1 rings (SSSR count). The second-order valence-electron chi connectivity index (χ2n) is 2.72. The third-order valence-electron chi connectivity index (χ3n) is 1.93. The lowest BCUT2D eigenvalue weighted by Gasteiger charge is -2.09. The summed E-state index contributed by atoms with van der Waals surface area (Å²) in [5.74, 6) is -0.517. The molecule has 0 fully saturated rings. The van der Waals surface area contributed by atoms with Crippen molar-refractivity contribution in [1.82, 2.24) is 0 Å². The number of halogens is 1. The van der Waals surface area contributed by atoms with Gasteiger partial charge in [0.05, 0.1) is 18.2 Å². The zero-order valence-corrected chi connectivity index (χ0v) is 10.4. The molecule has 1 aromatic carbocycles. The Kier molecular flexibility index (Phi) is 4.18. The Hall–Kier alpha value is -0.990. The highest BCUT2D eigenvalue weighted by Crippen LogP contribution is 2.25. The van der Waals surface area contributed by atoms with Gasteiger partial charge in [-0.1, -0.05) is 15.9 Å². The van der Waals surface area contributed by atoms with E-state index in [2.05, 4.69) is 33.3 Å². The molecule has 0 unspecified atom stereocenters. The number of rotatable bonds is 2. The molecule has 0 aliphatic rings. The zero-order valence-electron chi connectivity index (χ0n) is 7.95. The third kappa shape index (κ3) is 2.33. The Balaban J connectivity index is 3.49. The molecule has 0 aromatic heterocycles. The Morgan fingerprint density at radius 2 is 2.33 bits per heavy atom. The fourth-order valence-corrected chi connectivity index (χ4v) is 2.26. The molecule has 0 aliphatic carbocycles. The summed E-state index contributed by atoms with van der Waals surface area (Å²) >= 11 is 7.47. The van der Waals surface area contributed by atoms with Crippen molar-refractivity contribution in [1.29, 1.82) is 5.26 Å². The molecule has 3 nitrogen and oxygen atoms in total. The number of hydrogen-bond donors (Lipinski definition) is 1. The average Bonchev–Trinajstić information content (AvgIpc) is 2.27. The molecule has 78 valence electrons. The predicted molar refractivity (Wildman–Crippen MR) is 62.4 cm³/mol. The van der Waals surface area contributed by atoms with Gasteiger partial charge in [-0.3, -0.25) is 0 Å². The number of alkyl halides is 1. The monoisotopic (exact) mass is 285 g/mol. The summed E-state index contributed by atoms with van der Waals surface area (Å²) in [7, 11) is 1.28. The smallest absolute Gasteiger partial charge is 0.339 e. The van der Waals surface area contributed by atoms with Gasteiger partial charge >= 0.3 is 5.97 Å².